The van der Waals surface area contributed by atoms with Gasteiger partial charge in [-0.05, 0) is 24.3 Å². The molecule has 0 atom stereocenters. The lowest BCUT2D eigenvalue weighted by atomic mass is 10.2. The number of carbonyl (C=O) groups excluding carboxylic acids is 1. The zero-order valence-electron chi connectivity index (χ0n) is 13.3. The highest BCUT2D eigenvalue weighted by Gasteiger charge is 2.37. The normalized spacial score (nSPS) is 11.9. The van der Waals surface area contributed by atoms with E-state index in [0.29, 0.717) is 37.5 Å². The number of benzene rings is 1. The van der Waals surface area contributed by atoms with Gasteiger partial charge in [-0.1, -0.05) is 27.7 Å². The smallest absolute Gasteiger partial charge is 0.395 e. The quantitative estimate of drug-likeness (QED) is 0.514. The Hall–Kier alpha value is -1.16. The van der Waals surface area contributed by atoms with Gasteiger partial charge in [-0.3, -0.25) is 4.79 Å². The summed E-state index contributed by atoms with van der Waals surface area (Å²) in [5, 5.41) is 0. The van der Waals surface area contributed by atoms with Crippen molar-refractivity contribution in [3.63, 3.8) is 0 Å². The van der Waals surface area contributed by atoms with Gasteiger partial charge in [-0.2, -0.15) is 0 Å². The maximum absolute atomic E-state index is 13.4. The van der Waals surface area contributed by atoms with E-state index < -0.39 is 7.67 Å². The summed E-state index contributed by atoms with van der Waals surface area (Å²) >= 11 is 0. The molecule has 1 aromatic rings. The Morgan fingerprint density at radius 2 is 1.38 bits per heavy atom. The summed E-state index contributed by atoms with van der Waals surface area (Å²) < 4.78 is 23.0. The van der Waals surface area contributed by atoms with Gasteiger partial charge in [0.25, 0.3) is 0 Å². The van der Waals surface area contributed by atoms with Crippen LogP contribution in [-0.2, 0) is 4.57 Å². The molecule has 0 bridgehead atoms. The average Bonchev–Trinajstić information content (AvgIpc) is 2.50. The number of aldehydes is 1. The molecule has 0 heterocycles. The minimum atomic E-state index is -3.11. The van der Waals surface area contributed by atoms with Crippen LogP contribution in [0.4, 0.5) is 0 Å². The zero-order valence-corrected chi connectivity index (χ0v) is 14.2. The molecule has 118 valence electrons. The van der Waals surface area contributed by atoms with Gasteiger partial charge in [0, 0.05) is 31.7 Å². The van der Waals surface area contributed by atoms with Crippen LogP contribution in [0.3, 0.4) is 0 Å². The van der Waals surface area contributed by atoms with Crippen molar-refractivity contribution in [1.29, 1.82) is 0 Å². The molecule has 6 heteroatoms. The van der Waals surface area contributed by atoms with Crippen molar-refractivity contribution in [1.82, 2.24) is 9.34 Å². The first kappa shape index (κ1) is 17.9. The lowest BCUT2D eigenvalue weighted by molar-refractivity contribution is 0.112. The number of hydrogen-bond donors (Lipinski definition) is 0. The molecule has 1 aromatic carbocycles. The summed E-state index contributed by atoms with van der Waals surface area (Å²) in [7, 11) is -3.11. The SMILES string of the molecule is CCN(CC)P(=O)(Oc1ccc(C=O)cc1)N(CC)CC. The fourth-order valence-corrected chi connectivity index (χ4v) is 4.62. The lowest BCUT2D eigenvalue weighted by Gasteiger charge is -2.36. The van der Waals surface area contributed by atoms with E-state index in [9.17, 15) is 9.36 Å². The summed E-state index contributed by atoms with van der Waals surface area (Å²) in [5.74, 6) is 0.516. The van der Waals surface area contributed by atoms with E-state index in [1.165, 1.54) is 0 Å². The van der Waals surface area contributed by atoms with Crippen molar-refractivity contribution in [2.75, 3.05) is 26.2 Å². The summed E-state index contributed by atoms with van der Waals surface area (Å²) in [5.41, 5.74) is 0.572. The van der Waals surface area contributed by atoms with Gasteiger partial charge in [0.15, 0.2) is 0 Å². The summed E-state index contributed by atoms with van der Waals surface area (Å²) in [6, 6.07) is 6.70. The van der Waals surface area contributed by atoms with E-state index in [2.05, 4.69) is 0 Å². The predicted molar refractivity (Wildman–Crippen MR) is 85.9 cm³/mol. The molecular formula is C15H25N2O3P. The van der Waals surface area contributed by atoms with Crippen LogP contribution in [0.15, 0.2) is 24.3 Å². The maximum Gasteiger partial charge on any atom is 0.395 e. The molecule has 0 saturated carbocycles. The third kappa shape index (κ3) is 4.16. The fourth-order valence-electron chi connectivity index (χ4n) is 2.20. The summed E-state index contributed by atoms with van der Waals surface area (Å²) in [4.78, 5) is 10.7. The van der Waals surface area contributed by atoms with Gasteiger partial charge in [0.05, 0.1) is 0 Å². The minimum Gasteiger partial charge on any atom is -0.422 e. The van der Waals surface area contributed by atoms with Crippen LogP contribution in [0.5, 0.6) is 5.75 Å². The standard InChI is InChI=1S/C15H25N2O3P/c1-5-16(6-2)21(19,17(7-3)8-4)20-15-11-9-14(13-18)10-12-15/h9-13H,5-8H2,1-4H3. The van der Waals surface area contributed by atoms with Crippen LogP contribution in [-0.4, -0.2) is 41.8 Å². The molecule has 0 aliphatic rings. The Balaban J connectivity index is 3.11. The van der Waals surface area contributed by atoms with Gasteiger partial charge in [-0.15, -0.1) is 0 Å². The fraction of sp³-hybridized carbons (Fsp3) is 0.533. The summed E-state index contributed by atoms with van der Waals surface area (Å²) in [6.07, 6.45) is 0.776. The molecule has 0 N–H and O–H groups in total. The second-order valence-corrected chi connectivity index (χ2v) is 6.84. The number of hydrogen-bond acceptors (Lipinski definition) is 3. The highest BCUT2D eigenvalue weighted by atomic mass is 31.2. The van der Waals surface area contributed by atoms with Crippen molar-refractivity contribution < 1.29 is 13.9 Å². The third-order valence-corrected chi connectivity index (χ3v) is 6.43. The highest BCUT2D eigenvalue weighted by molar-refractivity contribution is 7.54. The van der Waals surface area contributed by atoms with Crippen molar-refractivity contribution in [3.8, 4) is 5.75 Å². The molecular weight excluding hydrogens is 287 g/mol. The van der Waals surface area contributed by atoms with E-state index in [1.807, 2.05) is 37.0 Å². The molecule has 0 aliphatic heterocycles. The van der Waals surface area contributed by atoms with Gasteiger partial charge < -0.3 is 4.52 Å². The van der Waals surface area contributed by atoms with Crippen LogP contribution in [0.2, 0.25) is 0 Å². The van der Waals surface area contributed by atoms with Gasteiger partial charge in [-0.25, -0.2) is 13.9 Å². The first-order chi connectivity index (χ1) is 10.0. The van der Waals surface area contributed by atoms with Crippen molar-refractivity contribution >= 4 is 14.0 Å². The predicted octanol–water partition coefficient (Wildman–Crippen LogP) is 3.67. The molecule has 21 heavy (non-hydrogen) atoms. The van der Waals surface area contributed by atoms with E-state index >= 15 is 0 Å². The van der Waals surface area contributed by atoms with Gasteiger partial charge in [0.2, 0.25) is 0 Å². The molecule has 0 spiro atoms. The van der Waals surface area contributed by atoms with Crippen LogP contribution < -0.4 is 4.52 Å². The number of carbonyl (C=O) groups is 1. The second-order valence-electron chi connectivity index (χ2n) is 4.55. The third-order valence-electron chi connectivity index (χ3n) is 3.42. The number of nitrogens with zero attached hydrogens (tertiary/aromatic N) is 2. The largest absolute Gasteiger partial charge is 0.422 e. The molecule has 0 aromatic heterocycles. The molecule has 0 fully saturated rings. The van der Waals surface area contributed by atoms with E-state index in [1.54, 1.807) is 24.3 Å². The second kappa shape index (κ2) is 8.32. The molecule has 0 aliphatic carbocycles. The Bertz CT molecular complexity index is 466. The van der Waals surface area contributed by atoms with Crippen LogP contribution >= 0.6 is 7.67 Å². The summed E-state index contributed by atoms with van der Waals surface area (Å²) in [6.45, 7) is 10.5. The van der Waals surface area contributed by atoms with Crippen LogP contribution in [0.1, 0.15) is 38.1 Å². The number of rotatable bonds is 9. The van der Waals surface area contributed by atoms with Crippen molar-refractivity contribution in [2.24, 2.45) is 0 Å². The van der Waals surface area contributed by atoms with Gasteiger partial charge in [0.1, 0.15) is 12.0 Å². The van der Waals surface area contributed by atoms with Crippen molar-refractivity contribution in [3.05, 3.63) is 29.8 Å². The Morgan fingerprint density at radius 3 is 1.71 bits per heavy atom. The van der Waals surface area contributed by atoms with E-state index in [4.69, 9.17) is 4.52 Å². The topological polar surface area (TPSA) is 49.9 Å². The van der Waals surface area contributed by atoms with Crippen LogP contribution in [0.25, 0.3) is 0 Å². The Morgan fingerprint density at radius 1 is 0.952 bits per heavy atom. The molecule has 0 amide bonds. The maximum atomic E-state index is 13.4. The lowest BCUT2D eigenvalue weighted by Crippen LogP contribution is -2.34. The Kier molecular flexibility index (Phi) is 7.09. The molecule has 1 rings (SSSR count). The van der Waals surface area contributed by atoms with Crippen molar-refractivity contribution in [2.45, 2.75) is 27.7 Å². The van der Waals surface area contributed by atoms with Crippen LogP contribution in [0, 0.1) is 0 Å². The molecule has 0 radical (unpaired) electrons. The van der Waals surface area contributed by atoms with E-state index in [0.717, 1.165) is 6.29 Å². The Labute approximate surface area is 127 Å². The molecule has 5 nitrogen and oxygen atoms in total. The monoisotopic (exact) mass is 312 g/mol. The zero-order chi connectivity index (χ0) is 15.9. The van der Waals surface area contributed by atoms with E-state index in [-0.39, 0.29) is 0 Å². The average molecular weight is 312 g/mol. The highest BCUT2D eigenvalue weighted by Crippen LogP contribution is 2.53. The minimum absolute atomic E-state index is 0.516. The van der Waals surface area contributed by atoms with Gasteiger partial charge >= 0.3 is 7.67 Å². The first-order valence-electron chi connectivity index (χ1n) is 7.41. The first-order valence-corrected chi connectivity index (χ1v) is 8.94. The molecule has 0 saturated heterocycles. The molecule has 0 unspecified atom stereocenters.